The van der Waals surface area contributed by atoms with Crippen molar-refractivity contribution in [2.75, 3.05) is 38.6 Å². The molecule has 2 aromatic rings. The summed E-state index contributed by atoms with van der Waals surface area (Å²) in [6.45, 7) is 1.36. The molecule has 3 heterocycles. The summed E-state index contributed by atoms with van der Waals surface area (Å²) in [5.74, 6) is -0.451. The lowest BCUT2D eigenvalue weighted by Gasteiger charge is -2.40. The van der Waals surface area contributed by atoms with E-state index in [1.165, 1.54) is 23.2 Å². The van der Waals surface area contributed by atoms with E-state index in [9.17, 15) is 22.8 Å². The molecule has 4 rings (SSSR count). The first kappa shape index (κ1) is 23.6. The van der Waals surface area contributed by atoms with E-state index in [-0.39, 0.29) is 17.2 Å². The van der Waals surface area contributed by atoms with E-state index < -0.39 is 23.3 Å². The third kappa shape index (κ3) is 4.32. The number of carbonyl (C=O) groups excluding carboxylic acids is 2. The van der Waals surface area contributed by atoms with Gasteiger partial charge in [-0.3, -0.25) is 14.7 Å². The Kier molecular flexibility index (Phi) is 6.02. The van der Waals surface area contributed by atoms with Gasteiger partial charge in [-0.2, -0.15) is 23.5 Å². The molecular formula is C23H25F3N6O2. The summed E-state index contributed by atoms with van der Waals surface area (Å²) >= 11 is 0. The number of nitrogens with one attached hydrogen (secondary N) is 1. The highest BCUT2D eigenvalue weighted by Crippen LogP contribution is 2.45. The van der Waals surface area contributed by atoms with Crippen LogP contribution in [-0.4, -0.2) is 71.6 Å². The standard InChI is InChI=1S/C23H25F3N6O2/c1-30(2)21(34)19-12-22(14-32(19)20(33)18-5-8-28-29-18)6-9-31(10-7-22)16-4-3-15(13-27)17(11-16)23(24,25)26/h3-5,8,11,19H,6-7,9-10,12,14H2,1-2H3,(H,28,29). The predicted molar refractivity (Wildman–Crippen MR) is 117 cm³/mol. The van der Waals surface area contributed by atoms with Crippen molar-refractivity contribution in [3.8, 4) is 6.07 Å². The number of amides is 2. The van der Waals surface area contributed by atoms with Crippen molar-refractivity contribution < 1.29 is 22.8 Å². The fourth-order valence-electron chi connectivity index (χ4n) is 4.98. The van der Waals surface area contributed by atoms with Crippen LogP contribution in [0.2, 0.25) is 0 Å². The SMILES string of the molecule is CN(C)C(=O)C1CC2(CCN(c3ccc(C#N)c(C(F)(F)F)c3)CC2)CN1C(=O)c1ccn[nH]1. The molecule has 1 aromatic carbocycles. The van der Waals surface area contributed by atoms with Crippen molar-refractivity contribution in [3.63, 3.8) is 0 Å². The lowest BCUT2D eigenvalue weighted by Crippen LogP contribution is -2.45. The van der Waals surface area contributed by atoms with Gasteiger partial charge in [0, 0.05) is 45.6 Å². The molecule has 8 nitrogen and oxygen atoms in total. The van der Waals surface area contributed by atoms with Crippen LogP contribution in [0.5, 0.6) is 0 Å². The lowest BCUT2D eigenvalue weighted by atomic mass is 9.76. The molecule has 2 aliphatic heterocycles. The summed E-state index contributed by atoms with van der Waals surface area (Å²) in [7, 11) is 3.30. The van der Waals surface area contributed by atoms with E-state index in [1.54, 1.807) is 31.1 Å². The first-order valence-corrected chi connectivity index (χ1v) is 10.9. The molecule has 2 amide bonds. The molecule has 0 bridgehead atoms. The molecule has 0 radical (unpaired) electrons. The molecule has 1 spiro atoms. The van der Waals surface area contributed by atoms with Crippen LogP contribution in [0, 0.1) is 16.7 Å². The van der Waals surface area contributed by atoms with E-state index in [0.717, 1.165) is 6.07 Å². The highest BCUT2D eigenvalue weighted by Gasteiger charge is 2.50. The van der Waals surface area contributed by atoms with Gasteiger partial charge >= 0.3 is 6.18 Å². The Morgan fingerprint density at radius 1 is 1.24 bits per heavy atom. The Balaban J connectivity index is 1.54. The van der Waals surface area contributed by atoms with Gasteiger partial charge in [0.1, 0.15) is 11.7 Å². The Labute approximate surface area is 194 Å². The largest absolute Gasteiger partial charge is 0.417 e. The first-order chi connectivity index (χ1) is 16.0. The minimum Gasteiger partial charge on any atom is -0.371 e. The van der Waals surface area contributed by atoms with Crippen molar-refractivity contribution in [3.05, 3.63) is 47.3 Å². The molecular weight excluding hydrogens is 449 g/mol. The predicted octanol–water partition coefficient (Wildman–Crippen LogP) is 2.89. The number of nitrogens with zero attached hydrogens (tertiary/aromatic N) is 5. The second-order valence-corrected chi connectivity index (χ2v) is 9.18. The highest BCUT2D eigenvalue weighted by molar-refractivity contribution is 5.96. The topological polar surface area (TPSA) is 96.3 Å². The van der Waals surface area contributed by atoms with E-state index >= 15 is 0 Å². The Morgan fingerprint density at radius 3 is 2.50 bits per heavy atom. The maximum atomic E-state index is 13.4. The fraction of sp³-hybridized carbons (Fsp3) is 0.478. The molecule has 2 saturated heterocycles. The zero-order valence-electron chi connectivity index (χ0n) is 18.9. The maximum absolute atomic E-state index is 13.4. The zero-order chi connectivity index (χ0) is 24.7. The van der Waals surface area contributed by atoms with Crippen molar-refractivity contribution in [2.45, 2.75) is 31.5 Å². The van der Waals surface area contributed by atoms with Gasteiger partial charge in [0.2, 0.25) is 5.91 Å². The number of likely N-dealkylation sites (N-methyl/N-ethyl adjacent to an activating group) is 1. The third-order valence-corrected chi connectivity index (χ3v) is 6.84. The van der Waals surface area contributed by atoms with Gasteiger partial charge in [0.25, 0.3) is 5.91 Å². The number of rotatable bonds is 3. The summed E-state index contributed by atoms with van der Waals surface area (Å²) in [5.41, 5.74) is -0.934. The summed E-state index contributed by atoms with van der Waals surface area (Å²) in [6, 6.07) is 6.33. The number of benzene rings is 1. The number of carbonyl (C=O) groups is 2. The van der Waals surface area contributed by atoms with Crippen LogP contribution in [0.4, 0.5) is 18.9 Å². The summed E-state index contributed by atoms with van der Waals surface area (Å²) in [4.78, 5) is 30.9. The van der Waals surface area contributed by atoms with Gasteiger partial charge in [0.15, 0.2) is 0 Å². The summed E-state index contributed by atoms with van der Waals surface area (Å²) in [6.07, 6.45) is -1.39. The van der Waals surface area contributed by atoms with Crippen molar-refractivity contribution in [1.29, 1.82) is 5.26 Å². The molecule has 0 saturated carbocycles. The number of nitriles is 1. The van der Waals surface area contributed by atoms with Crippen molar-refractivity contribution in [1.82, 2.24) is 20.0 Å². The van der Waals surface area contributed by atoms with E-state index in [4.69, 9.17) is 5.26 Å². The monoisotopic (exact) mass is 474 g/mol. The van der Waals surface area contributed by atoms with E-state index in [1.807, 2.05) is 4.90 Å². The smallest absolute Gasteiger partial charge is 0.371 e. The molecule has 1 N–H and O–H groups in total. The van der Waals surface area contributed by atoms with E-state index in [2.05, 4.69) is 10.2 Å². The van der Waals surface area contributed by atoms with Crippen molar-refractivity contribution >= 4 is 17.5 Å². The molecule has 1 atom stereocenters. The van der Waals surface area contributed by atoms with Crippen LogP contribution < -0.4 is 4.90 Å². The van der Waals surface area contributed by atoms with Crippen LogP contribution in [0.3, 0.4) is 0 Å². The molecule has 2 fully saturated rings. The molecule has 180 valence electrons. The Hall–Kier alpha value is -3.55. The van der Waals surface area contributed by atoms with Crippen LogP contribution in [0.1, 0.15) is 40.9 Å². The summed E-state index contributed by atoms with van der Waals surface area (Å²) in [5, 5.41) is 15.5. The number of halogens is 3. The fourth-order valence-corrected chi connectivity index (χ4v) is 4.98. The Morgan fingerprint density at radius 2 is 1.94 bits per heavy atom. The Bertz CT molecular complexity index is 1110. The van der Waals surface area contributed by atoms with Gasteiger partial charge in [-0.25, -0.2) is 0 Å². The minimum atomic E-state index is -4.61. The number of likely N-dealkylation sites (tertiary alicyclic amines) is 1. The van der Waals surface area contributed by atoms with Gasteiger partial charge in [-0.15, -0.1) is 0 Å². The molecule has 34 heavy (non-hydrogen) atoms. The average molecular weight is 474 g/mol. The number of H-pyrrole nitrogens is 1. The third-order valence-electron chi connectivity index (χ3n) is 6.84. The van der Waals surface area contributed by atoms with Gasteiger partial charge in [0.05, 0.1) is 17.2 Å². The average Bonchev–Trinajstić information content (AvgIpc) is 3.46. The van der Waals surface area contributed by atoms with Crippen LogP contribution in [0.25, 0.3) is 0 Å². The second-order valence-electron chi connectivity index (χ2n) is 9.18. The molecule has 2 aliphatic rings. The summed E-state index contributed by atoms with van der Waals surface area (Å²) < 4.78 is 40.2. The number of piperidine rings is 1. The molecule has 11 heteroatoms. The molecule has 0 aliphatic carbocycles. The number of hydrogen-bond donors (Lipinski definition) is 1. The number of aromatic nitrogens is 2. The van der Waals surface area contributed by atoms with Crippen molar-refractivity contribution in [2.24, 2.45) is 5.41 Å². The lowest BCUT2D eigenvalue weighted by molar-refractivity contribution is -0.137. The van der Waals surface area contributed by atoms with Crippen LogP contribution in [0.15, 0.2) is 30.5 Å². The quantitative estimate of drug-likeness (QED) is 0.738. The normalized spacial score (nSPS) is 19.8. The van der Waals surface area contributed by atoms with Gasteiger partial charge in [-0.05, 0) is 48.9 Å². The number of anilines is 1. The van der Waals surface area contributed by atoms with E-state index in [0.29, 0.717) is 50.3 Å². The number of alkyl halides is 3. The van der Waals surface area contributed by atoms with Crippen LogP contribution in [-0.2, 0) is 11.0 Å². The maximum Gasteiger partial charge on any atom is 0.417 e. The molecule has 1 unspecified atom stereocenters. The van der Waals surface area contributed by atoms with Gasteiger partial charge < -0.3 is 14.7 Å². The van der Waals surface area contributed by atoms with Gasteiger partial charge in [-0.1, -0.05) is 0 Å². The zero-order valence-corrected chi connectivity index (χ0v) is 18.9. The minimum absolute atomic E-state index is 0.158. The van der Waals surface area contributed by atoms with Crippen LogP contribution >= 0.6 is 0 Å². The number of hydrogen-bond acceptors (Lipinski definition) is 5. The molecule has 1 aromatic heterocycles. The number of aromatic amines is 1. The second kappa shape index (κ2) is 8.66. The first-order valence-electron chi connectivity index (χ1n) is 10.9. The highest BCUT2D eigenvalue weighted by atomic mass is 19.4.